The number of aromatic nitrogens is 3. The van der Waals surface area contributed by atoms with Gasteiger partial charge in [0, 0.05) is 25.7 Å². The third kappa shape index (κ3) is 4.80. The minimum absolute atomic E-state index is 0.0815. The van der Waals surface area contributed by atoms with Crippen molar-refractivity contribution in [2.45, 2.75) is 24.2 Å². The molecular weight excluding hydrogens is 403 g/mol. The number of nitrogen functional groups attached to an aromatic ring is 1. The Morgan fingerprint density at radius 1 is 1.17 bits per heavy atom. The molecule has 1 aromatic heterocycles. The van der Waals surface area contributed by atoms with Gasteiger partial charge in [-0.2, -0.15) is 0 Å². The van der Waals surface area contributed by atoms with Gasteiger partial charge >= 0.3 is 0 Å². The number of nitrogens with two attached hydrogens (primary N) is 1. The minimum atomic E-state index is -0.424. The summed E-state index contributed by atoms with van der Waals surface area (Å²) >= 11 is 1.18. The normalized spacial score (nSPS) is 16.6. The average Bonchev–Trinajstić information content (AvgIpc) is 3.34. The Balaban J connectivity index is 1.27. The Labute approximate surface area is 178 Å². The zero-order valence-electron chi connectivity index (χ0n) is 16.4. The van der Waals surface area contributed by atoms with E-state index >= 15 is 0 Å². The number of nitrogens with zero attached hydrogens (tertiary/aromatic N) is 4. The van der Waals surface area contributed by atoms with Crippen molar-refractivity contribution in [1.82, 2.24) is 25.1 Å². The maximum absolute atomic E-state index is 14.0. The van der Waals surface area contributed by atoms with Crippen LogP contribution in [0.15, 0.2) is 59.8 Å². The predicted molar refractivity (Wildman–Crippen MR) is 115 cm³/mol. The van der Waals surface area contributed by atoms with Crippen molar-refractivity contribution in [3.63, 3.8) is 0 Å². The number of thioether (sulfide) groups is 1. The predicted octanol–water partition coefficient (Wildman–Crippen LogP) is 2.28. The fourth-order valence-electron chi connectivity index (χ4n) is 3.54. The summed E-state index contributed by atoms with van der Waals surface area (Å²) in [6, 6.07) is 16.7. The van der Waals surface area contributed by atoms with Gasteiger partial charge in [0.25, 0.3) is 0 Å². The molecule has 2 heterocycles. The van der Waals surface area contributed by atoms with Crippen LogP contribution in [0, 0.1) is 5.82 Å². The van der Waals surface area contributed by atoms with Crippen molar-refractivity contribution in [2.24, 2.45) is 0 Å². The van der Waals surface area contributed by atoms with Crippen molar-refractivity contribution in [1.29, 1.82) is 0 Å². The molecule has 0 saturated carbocycles. The first-order valence-corrected chi connectivity index (χ1v) is 10.7. The van der Waals surface area contributed by atoms with E-state index in [4.69, 9.17) is 5.84 Å². The van der Waals surface area contributed by atoms with Crippen LogP contribution in [0.25, 0.3) is 11.4 Å². The van der Waals surface area contributed by atoms with E-state index in [1.165, 1.54) is 28.1 Å². The molecule has 1 unspecified atom stereocenters. The van der Waals surface area contributed by atoms with Crippen LogP contribution in [0.3, 0.4) is 0 Å². The lowest BCUT2D eigenvalue weighted by Gasteiger charge is -2.16. The molecule has 7 nitrogen and oxygen atoms in total. The van der Waals surface area contributed by atoms with Gasteiger partial charge < -0.3 is 11.2 Å². The topological polar surface area (TPSA) is 89.1 Å². The second-order valence-electron chi connectivity index (χ2n) is 7.22. The van der Waals surface area contributed by atoms with Crippen LogP contribution < -0.4 is 11.2 Å². The van der Waals surface area contributed by atoms with Gasteiger partial charge in [0.2, 0.25) is 11.1 Å². The lowest BCUT2D eigenvalue weighted by atomic mass is 10.2. The molecule has 1 atom stereocenters. The molecule has 30 heavy (non-hydrogen) atoms. The van der Waals surface area contributed by atoms with Gasteiger partial charge in [-0.15, -0.1) is 10.2 Å². The molecule has 156 valence electrons. The van der Waals surface area contributed by atoms with Crippen molar-refractivity contribution in [2.75, 3.05) is 24.7 Å². The maximum atomic E-state index is 14.0. The van der Waals surface area contributed by atoms with Gasteiger partial charge in [0.05, 0.1) is 11.3 Å². The number of hydrogen-bond acceptors (Lipinski definition) is 6. The molecule has 1 fully saturated rings. The van der Waals surface area contributed by atoms with Crippen molar-refractivity contribution >= 4 is 17.7 Å². The number of hydrogen-bond donors (Lipinski definition) is 2. The van der Waals surface area contributed by atoms with E-state index in [1.54, 1.807) is 18.2 Å². The molecule has 4 rings (SSSR count). The number of carbonyl (C=O) groups excluding carboxylic acids is 1. The van der Waals surface area contributed by atoms with Crippen LogP contribution in [-0.4, -0.2) is 50.6 Å². The number of benzene rings is 2. The summed E-state index contributed by atoms with van der Waals surface area (Å²) in [5.41, 5.74) is 1.54. The molecule has 0 aliphatic carbocycles. The standard InChI is InChI=1S/C21H23FN6OS/c22-18-9-5-4-8-17(18)20-25-26-21(28(20)23)30-14-19(29)24-16-10-11-27(13-16)12-15-6-2-1-3-7-15/h1-9,16H,10-14,23H2,(H,24,29). The number of amides is 1. The third-order valence-electron chi connectivity index (χ3n) is 5.00. The summed E-state index contributed by atoms with van der Waals surface area (Å²) in [5, 5.41) is 11.4. The third-order valence-corrected chi connectivity index (χ3v) is 5.94. The molecule has 1 saturated heterocycles. The summed E-state index contributed by atoms with van der Waals surface area (Å²) in [5.74, 6) is 5.90. The molecule has 0 radical (unpaired) electrons. The van der Waals surface area contributed by atoms with E-state index in [2.05, 4.69) is 32.5 Å². The smallest absolute Gasteiger partial charge is 0.230 e. The summed E-state index contributed by atoms with van der Waals surface area (Å²) in [4.78, 5) is 14.7. The second kappa shape index (κ2) is 9.27. The fraction of sp³-hybridized carbons (Fsp3) is 0.286. The lowest BCUT2D eigenvalue weighted by Crippen LogP contribution is -2.38. The highest BCUT2D eigenvalue weighted by Gasteiger charge is 2.24. The second-order valence-corrected chi connectivity index (χ2v) is 8.16. The molecule has 9 heteroatoms. The Hall–Kier alpha value is -2.91. The number of likely N-dealkylation sites (tertiary alicyclic amines) is 1. The Kier molecular flexibility index (Phi) is 6.29. The SMILES string of the molecule is Nn1c(SCC(=O)NC2CCN(Cc3ccccc3)C2)nnc1-c1ccccc1F. The molecular formula is C21H23FN6OS. The first kappa shape index (κ1) is 20.4. The summed E-state index contributed by atoms with van der Waals surface area (Å²) in [7, 11) is 0. The average molecular weight is 427 g/mol. The zero-order chi connectivity index (χ0) is 20.9. The monoisotopic (exact) mass is 426 g/mol. The summed E-state index contributed by atoms with van der Waals surface area (Å²) < 4.78 is 15.2. The highest BCUT2D eigenvalue weighted by Crippen LogP contribution is 2.23. The molecule has 3 N–H and O–H groups in total. The Morgan fingerprint density at radius 2 is 1.93 bits per heavy atom. The Bertz CT molecular complexity index is 1010. The van der Waals surface area contributed by atoms with E-state index in [0.717, 1.165) is 26.1 Å². The fourth-order valence-corrected chi connectivity index (χ4v) is 4.20. The van der Waals surface area contributed by atoms with Crippen molar-refractivity contribution < 1.29 is 9.18 Å². The molecule has 1 aliphatic rings. The van der Waals surface area contributed by atoms with Crippen molar-refractivity contribution in [3.05, 3.63) is 66.0 Å². The van der Waals surface area contributed by atoms with E-state index in [-0.39, 0.29) is 29.1 Å². The highest BCUT2D eigenvalue weighted by molar-refractivity contribution is 7.99. The summed E-state index contributed by atoms with van der Waals surface area (Å²) in [6.45, 7) is 2.67. The van der Waals surface area contributed by atoms with E-state index < -0.39 is 5.82 Å². The van der Waals surface area contributed by atoms with Gasteiger partial charge in [0.15, 0.2) is 5.82 Å². The first-order chi connectivity index (χ1) is 14.6. The van der Waals surface area contributed by atoms with Crippen LogP contribution >= 0.6 is 11.8 Å². The van der Waals surface area contributed by atoms with Gasteiger partial charge in [-0.1, -0.05) is 54.2 Å². The van der Waals surface area contributed by atoms with Gasteiger partial charge in [-0.25, -0.2) is 9.07 Å². The van der Waals surface area contributed by atoms with Crippen LogP contribution in [0.4, 0.5) is 4.39 Å². The van der Waals surface area contributed by atoms with Crippen LogP contribution in [0.1, 0.15) is 12.0 Å². The first-order valence-electron chi connectivity index (χ1n) is 9.74. The minimum Gasteiger partial charge on any atom is -0.351 e. The number of carbonyl (C=O) groups is 1. The molecule has 1 amide bonds. The maximum Gasteiger partial charge on any atom is 0.230 e. The van der Waals surface area contributed by atoms with Gasteiger partial charge in [-0.05, 0) is 24.1 Å². The highest BCUT2D eigenvalue weighted by atomic mass is 32.2. The largest absolute Gasteiger partial charge is 0.351 e. The van der Waals surface area contributed by atoms with Crippen LogP contribution in [0.2, 0.25) is 0 Å². The molecule has 1 aliphatic heterocycles. The number of halogens is 1. The quantitative estimate of drug-likeness (QED) is 0.445. The number of nitrogens with one attached hydrogen (secondary N) is 1. The molecule has 0 spiro atoms. The molecule has 0 bridgehead atoms. The summed E-state index contributed by atoms with van der Waals surface area (Å²) in [6.07, 6.45) is 0.924. The van der Waals surface area contributed by atoms with Crippen LogP contribution in [-0.2, 0) is 11.3 Å². The van der Waals surface area contributed by atoms with Gasteiger partial charge in [-0.3, -0.25) is 9.69 Å². The van der Waals surface area contributed by atoms with E-state index in [0.29, 0.717) is 5.16 Å². The lowest BCUT2D eigenvalue weighted by molar-refractivity contribution is -0.119. The molecule has 2 aromatic carbocycles. The van der Waals surface area contributed by atoms with Gasteiger partial charge in [0.1, 0.15) is 5.82 Å². The molecule has 3 aromatic rings. The van der Waals surface area contributed by atoms with E-state index in [9.17, 15) is 9.18 Å². The van der Waals surface area contributed by atoms with E-state index in [1.807, 2.05) is 18.2 Å². The van der Waals surface area contributed by atoms with Crippen molar-refractivity contribution in [3.8, 4) is 11.4 Å². The zero-order valence-corrected chi connectivity index (χ0v) is 17.2. The van der Waals surface area contributed by atoms with Crippen LogP contribution in [0.5, 0.6) is 0 Å². The Morgan fingerprint density at radius 3 is 2.73 bits per heavy atom. The number of rotatable bonds is 7.